The van der Waals surface area contributed by atoms with E-state index in [1.54, 1.807) is 12.1 Å². The average Bonchev–Trinajstić information content (AvgIpc) is 2.32. The summed E-state index contributed by atoms with van der Waals surface area (Å²) in [5, 5.41) is 2.67. The Morgan fingerprint density at radius 2 is 2.15 bits per heavy atom. The molecule has 0 heterocycles. The molecule has 20 heavy (non-hydrogen) atoms. The van der Waals surface area contributed by atoms with Crippen molar-refractivity contribution < 1.29 is 9.18 Å². The molecule has 0 saturated heterocycles. The molecule has 2 rings (SSSR count). The van der Waals surface area contributed by atoms with Crippen LogP contribution in [0.15, 0.2) is 18.2 Å². The molecule has 3 nitrogen and oxygen atoms in total. The zero-order valence-electron chi connectivity index (χ0n) is 11.9. The lowest BCUT2D eigenvalue weighted by Gasteiger charge is -2.37. The highest BCUT2D eigenvalue weighted by Crippen LogP contribution is 2.32. The van der Waals surface area contributed by atoms with Gasteiger partial charge in [-0.05, 0) is 44.4 Å². The molecule has 112 valence electrons. The maximum Gasteiger partial charge on any atom is 0.229 e. The third-order valence-corrected chi connectivity index (χ3v) is 3.95. The van der Waals surface area contributed by atoms with E-state index >= 15 is 0 Å². The summed E-state index contributed by atoms with van der Waals surface area (Å²) in [6.45, 7) is 3.72. The number of hydrogen-bond donors (Lipinski definition) is 2. The minimum Gasteiger partial charge on any atom is -0.325 e. The predicted octanol–water partition coefficient (Wildman–Crippen LogP) is 3.40. The van der Waals surface area contributed by atoms with Crippen molar-refractivity contribution in [2.24, 2.45) is 11.7 Å². The summed E-state index contributed by atoms with van der Waals surface area (Å²) in [6.07, 6.45) is 3.66. The molecule has 5 heteroatoms. The van der Waals surface area contributed by atoms with E-state index in [1.165, 1.54) is 6.07 Å². The Balaban J connectivity index is 0.00000200. The average molecular weight is 301 g/mol. The molecule has 0 radical (unpaired) electrons. The van der Waals surface area contributed by atoms with Crippen LogP contribution < -0.4 is 11.1 Å². The number of carbonyl (C=O) groups excluding carboxylic acids is 1. The largest absolute Gasteiger partial charge is 0.325 e. The molecule has 0 aromatic heterocycles. The summed E-state index contributed by atoms with van der Waals surface area (Å²) in [6, 6.07) is 4.79. The second-order valence-corrected chi connectivity index (χ2v) is 5.78. The molecule has 2 unspecified atom stereocenters. The summed E-state index contributed by atoms with van der Waals surface area (Å²) in [5.74, 6) is -0.822. The molecule has 0 spiro atoms. The normalized spacial score (nSPS) is 25.7. The van der Waals surface area contributed by atoms with Crippen LogP contribution in [-0.4, -0.2) is 11.4 Å². The van der Waals surface area contributed by atoms with Crippen LogP contribution in [0.2, 0.25) is 0 Å². The number of halogens is 2. The number of amides is 1. The van der Waals surface area contributed by atoms with E-state index in [0.29, 0.717) is 0 Å². The van der Waals surface area contributed by atoms with Crippen molar-refractivity contribution in [1.82, 2.24) is 0 Å². The molecule has 3 N–H and O–H groups in total. The summed E-state index contributed by atoms with van der Waals surface area (Å²) < 4.78 is 13.7. The SMILES string of the molecule is Cc1ccc(NC(=O)C2CCCCC2(C)N)c(F)c1.Cl. The minimum atomic E-state index is -0.497. The van der Waals surface area contributed by atoms with Crippen molar-refractivity contribution in [3.8, 4) is 0 Å². The second kappa shape index (κ2) is 6.55. The number of benzene rings is 1. The summed E-state index contributed by atoms with van der Waals surface area (Å²) in [5.41, 5.74) is 6.75. The summed E-state index contributed by atoms with van der Waals surface area (Å²) in [7, 11) is 0. The molecular formula is C15H22ClFN2O. The zero-order chi connectivity index (χ0) is 14.0. The minimum absolute atomic E-state index is 0. The van der Waals surface area contributed by atoms with Crippen LogP contribution in [0.1, 0.15) is 38.2 Å². The summed E-state index contributed by atoms with van der Waals surface area (Å²) in [4.78, 5) is 12.3. The van der Waals surface area contributed by atoms with Crippen LogP contribution >= 0.6 is 12.4 Å². The number of aryl methyl sites for hydroxylation is 1. The lowest BCUT2D eigenvalue weighted by Crippen LogP contribution is -2.51. The van der Waals surface area contributed by atoms with Crippen molar-refractivity contribution >= 4 is 24.0 Å². The number of carbonyl (C=O) groups is 1. The quantitative estimate of drug-likeness (QED) is 0.879. The van der Waals surface area contributed by atoms with Gasteiger partial charge in [0.05, 0.1) is 11.6 Å². The Bertz CT molecular complexity index is 491. The molecule has 1 amide bonds. The van der Waals surface area contributed by atoms with E-state index in [4.69, 9.17) is 5.73 Å². The third-order valence-electron chi connectivity index (χ3n) is 3.95. The first-order chi connectivity index (χ1) is 8.90. The molecule has 1 fully saturated rings. The van der Waals surface area contributed by atoms with Crippen molar-refractivity contribution in [3.05, 3.63) is 29.6 Å². The predicted molar refractivity (Wildman–Crippen MR) is 81.6 cm³/mol. The number of nitrogens with two attached hydrogens (primary N) is 1. The Labute approximate surface area is 125 Å². The standard InChI is InChI=1S/C15H21FN2O.ClH/c1-10-6-7-13(12(16)9-10)18-14(19)11-5-3-4-8-15(11,2)17;/h6-7,9,11H,3-5,8,17H2,1-2H3,(H,18,19);1H. The fraction of sp³-hybridized carbons (Fsp3) is 0.533. The van der Waals surface area contributed by atoms with Gasteiger partial charge in [-0.25, -0.2) is 4.39 Å². The molecule has 1 aliphatic rings. The first kappa shape index (κ1) is 16.9. The highest BCUT2D eigenvalue weighted by atomic mass is 35.5. The maximum absolute atomic E-state index is 13.7. The molecule has 1 aliphatic carbocycles. The van der Waals surface area contributed by atoms with Crippen molar-refractivity contribution in [3.63, 3.8) is 0 Å². The number of rotatable bonds is 2. The lowest BCUT2D eigenvalue weighted by molar-refractivity contribution is -0.122. The highest BCUT2D eigenvalue weighted by Gasteiger charge is 2.37. The Morgan fingerprint density at radius 3 is 2.75 bits per heavy atom. The van der Waals surface area contributed by atoms with Gasteiger partial charge in [0.2, 0.25) is 5.91 Å². The monoisotopic (exact) mass is 300 g/mol. The van der Waals surface area contributed by atoms with Gasteiger partial charge in [0.25, 0.3) is 0 Å². The van der Waals surface area contributed by atoms with Gasteiger partial charge in [-0.15, -0.1) is 12.4 Å². The van der Waals surface area contributed by atoms with Crippen LogP contribution in [0.5, 0.6) is 0 Å². The molecule has 2 atom stereocenters. The third kappa shape index (κ3) is 3.70. The van der Waals surface area contributed by atoms with Crippen molar-refractivity contribution in [1.29, 1.82) is 0 Å². The van der Waals surface area contributed by atoms with Gasteiger partial charge in [0.1, 0.15) is 5.82 Å². The van der Waals surface area contributed by atoms with Crippen molar-refractivity contribution in [2.45, 2.75) is 45.1 Å². The van der Waals surface area contributed by atoms with Gasteiger partial charge in [-0.3, -0.25) is 4.79 Å². The van der Waals surface area contributed by atoms with Gasteiger partial charge in [0.15, 0.2) is 0 Å². The highest BCUT2D eigenvalue weighted by molar-refractivity contribution is 5.93. The first-order valence-electron chi connectivity index (χ1n) is 6.76. The Kier molecular flexibility index (Phi) is 5.54. The van der Waals surface area contributed by atoms with Gasteiger partial charge < -0.3 is 11.1 Å². The van der Waals surface area contributed by atoms with Gasteiger partial charge >= 0.3 is 0 Å². The summed E-state index contributed by atoms with van der Waals surface area (Å²) >= 11 is 0. The van der Waals surface area contributed by atoms with Crippen LogP contribution in [0.4, 0.5) is 10.1 Å². The Hall–Kier alpha value is -1.13. The van der Waals surface area contributed by atoms with Gasteiger partial charge in [-0.1, -0.05) is 18.9 Å². The van der Waals surface area contributed by atoms with E-state index in [-0.39, 0.29) is 29.9 Å². The van der Waals surface area contributed by atoms with Gasteiger partial charge in [-0.2, -0.15) is 0 Å². The fourth-order valence-corrected chi connectivity index (χ4v) is 2.73. The Morgan fingerprint density at radius 1 is 1.45 bits per heavy atom. The smallest absolute Gasteiger partial charge is 0.229 e. The van der Waals surface area contributed by atoms with Crippen LogP contribution in [0.25, 0.3) is 0 Å². The van der Waals surface area contributed by atoms with Crippen LogP contribution in [-0.2, 0) is 4.79 Å². The maximum atomic E-state index is 13.7. The molecule has 1 saturated carbocycles. The number of nitrogens with one attached hydrogen (secondary N) is 1. The molecule has 1 aromatic carbocycles. The van der Waals surface area contributed by atoms with E-state index in [0.717, 1.165) is 31.2 Å². The number of anilines is 1. The van der Waals surface area contributed by atoms with E-state index in [1.807, 2.05) is 13.8 Å². The molecule has 1 aromatic rings. The van der Waals surface area contributed by atoms with E-state index in [9.17, 15) is 9.18 Å². The molecule has 0 aliphatic heterocycles. The second-order valence-electron chi connectivity index (χ2n) is 5.78. The fourth-order valence-electron chi connectivity index (χ4n) is 2.73. The van der Waals surface area contributed by atoms with E-state index < -0.39 is 11.4 Å². The lowest BCUT2D eigenvalue weighted by atomic mass is 9.74. The molecule has 0 bridgehead atoms. The van der Waals surface area contributed by atoms with Crippen molar-refractivity contribution in [2.75, 3.05) is 5.32 Å². The first-order valence-corrected chi connectivity index (χ1v) is 6.76. The van der Waals surface area contributed by atoms with Crippen LogP contribution in [0.3, 0.4) is 0 Å². The van der Waals surface area contributed by atoms with Crippen LogP contribution in [0, 0.1) is 18.7 Å². The number of hydrogen-bond acceptors (Lipinski definition) is 2. The topological polar surface area (TPSA) is 55.1 Å². The molecular weight excluding hydrogens is 279 g/mol. The van der Waals surface area contributed by atoms with Gasteiger partial charge in [0, 0.05) is 5.54 Å². The zero-order valence-corrected chi connectivity index (χ0v) is 12.7. The van der Waals surface area contributed by atoms with E-state index in [2.05, 4.69) is 5.32 Å².